The fourth-order valence-corrected chi connectivity index (χ4v) is 1.26. The average Bonchev–Trinajstić information content (AvgIpc) is 2.25. The molecule has 0 fully saturated rings. The van der Waals surface area contributed by atoms with E-state index in [1.54, 1.807) is 12.1 Å². The van der Waals surface area contributed by atoms with Gasteiger partial charge in [0.05, 0.1) is 11.4 Å². The predicted octanol–water partition coefficient (Wildman–Crippen LogP) is 0.476. The van der Waals surface area contributed by atoms with Crippen molar-refractivity contribution in [2.75, 3.05) is 11.9 Å². The van der Waals surface area contributed by atoms with Gasteiger partial charge in [0.2, 0.25) is 5.88 Å². The van der Waals surface area contributed by atoms with Crippen molar-refractivity contribution in [3.8, 4) is 5.88 Å². The number of esters is 2. The van der Waals surface area contributed by atoms with Crippen LogP contribution in [0.25, 0.3) is 0 Å². The quantitative estimate of drug-likeness (QED) is 0.733. The molecule has 2 rings (SSSR count). The zero-order valence-electron chi connectivity index (χ0n) is 8.65. The Balaban J connectivity index is 2.14. The van der Waals surface area contributed by atoms with E-state index < -0.39 is 0 Å². The molecule has 0 atom stereocenters. The first-order chi connectivity index (χ1) is 7.65. The first-order valence-electron chi connectivity index (χ1n) is 4.73. The lowest BCUT2D eigenvalue weighted by atomic mass is 10.3. The van der Waals surface area contributed by atoms with Gasteiger partial charge in [-0.05, 0) is 12.1 Å². The Labute approximate surface area is 91.6 Å². The molecule has 1 N–H and O–H groups in total. The summed E-state index contributed by atoms with van der Waals surface area (Å²) in [7, 11) is 0. The van der Waals surface area contributed by atoms with Crippen molar-refractivity contribution in [2.24, 2.45) is 0 Å². The number of carbonyl (C=O) groups excluding carboxylic acids is 2. The molecule has 84 valence electrons. The summed E-state index contributed by atoms with van der Waals surface area (Å²) in [6, 6.07) is 3.43. The van der Waals surface area contributed by atoms with E-state index in [-0.39, 0.29) is 31.0 Å². The largest absolute Gasteiger partial charge is 0.459 e. The summed E-state index contributed by atoms with van der Waals surface area (Å²) in [6.45, 7) is 1.53. The van der Waals surface area contributed by atoms with Crippen LogP contribution in [0.4, 0.5) is 5.69 Å². The Morgan fingerprint density at radius 2 is 2.44 bits per heavy atom. The minimum Gasteiger partial charge on any atom is -0.459 e. The molecule has 6 heteroatoms. The van der Waals surface area contributed by atoms with Gasteiger partial charge < -0.3 is 14.8 Å². The maximum absolute atomic E-state index is 11.0. The number of hydrogen-bond acceptors (Lipinski definition) is 6. The first-order valence-corrected chi connectivity index (χ1v) is 4.73. The molecule has 0 radical (unpaired) electrons. The lowest BCUT2D eigenvalue weighted by Crippen LogP contribution is -2.25. The van der Waals surface area contributed by atoms with E-state index in [1.165, 1.54) is 6.92 Å². The van der Waals surface area contributed by atoms with E-state index in [2.05, 4.69) is 10.3 Å². The fraction of sp³-hybridized carbons (Fsp3) is 0.300. The Morgan fingerprint density at radius 3 is 3.19 bits per heavy atom. The van der Waals surface area contributed by atoms with Gasteiger partial charge in [0.15, 0.2) is 0 Å². The third kappa shape index (κ3) is 2.28. The molecule has 6 nitrogen and oxygen atoms in total. The highest BCUT2D eigenvalue weighted by Gasteiger charge is 2.17. The minimum atomic E-state index is -0.385. The van der Waals surface area contributed by atoms with E-state index in [9.17, 15) is 9.59 Å². The van der Waals surface area contributed by atoms with E-state index in [0.29, 0.717) is 11.4 Å². The van der Waals surface area contributed by atoms with E-state index in [4.69, 9.17) is 9.47 Å². The Hall–Kier alpha value is -2.11. The molecule has 2 heterocycles. The molecular formula is C10H10N2O4. The van der Waals surface area contributed by atoms with Gasteiger partial charge in [0, 0.05) is 6.92 Å². The number of nitrogens with zero attached hydrogens (tertiary/aromatic N) is 1. The van der Waals surface area contributed by atoms with Crippen LogP contribution in [-0.2, 0) is 20.9 Å². The normalized spacial score (nSPS) is 13.4. The summed E-state index contributed by atoms with van der Waals surface area (Å²) in [5.41, 5.74) is 1.19. The molecule has 1 aliphatic rings. The van der Waals surface area contributed by atoms with E-state index in [1.807, 2.05) is 0 Å². The van der Waals surface area contributed by atoms with Crippen molar-refractivity contribution in [3.63, 3.8) is 0 Å². The van der Waals surface area contributed by atoms with Crippen LogP contribution in [-0.4, -0.2) is 23.5 Å². The molecule has 16 heavy (non-hydrogen) atoms. The van der Waals surface area contributed by atoms with Crippen LogP contribution in [0, 0.1) is 0 Å². The van der Waals surface area contributed by atoms with Gasteiger partial charge in [-0.25, -0.2) is 9.78 Å². The maximum Gasteiger partial charge on any atom is 0.332 e. The minimum absolute atomic E-state index is 0.0696. The monoisotopic (exact) mass is 222 g/mol. The summed E-state index contributed by atoms with van der Waals surface area (Å²) >= 11 is 0. The average molecular weight is 222 g/mol. The van der Waals surface area contributed by atoms with Crippen molar-refractivity contribution in [1.82, 2.24) is 4.98 Å². The summed E-state index contributed by atoms with van der Waals surface area (Å²) in [5.74, 6) is -0.542. The summed E-state index contributed by atoms with van der Waals surface area (Å²) < 4.78 is 9.71. The van der Waals surface area contributed by atoms with Gasteiger partial charge >= 0.3 is 11.9 Å². The molecule has 1 aromatic heterocycles. The highest BCUT2D eigenvalue weighted by Crippen LogP contribution is 2.25. The third-order valence-corrected chi connectivity index (χ3v) is 1.97. The lowest BCUT2D eigenvalue weighted by molar-refractivity contribution is -0.142. The van der Waals surface area contributed by atoms with E-state index in [0.717, 1.165) is 0 Å². The first kappa shape index (κ1) is 10.4. The Morgan fingerprint density at radius 1 is 1.62 bits per heavy atom. The van der Waals surface area contributed by atoms with Crippen molar-refractivity contribution in [2.45, 2.75) is 13.5 Å². The lowest BCUT2D eigenvalue weighted by Gasteiger charge is -2.16. The van der Waals surface area contributed by atoms with Crippen LogP contribution in [0.2, 0.25) is 0 Å². The predicted molar refractivity (Wildman–Crippen MR) is 53.8 cm³/mol. The highest BCUT2D eigenvalue weighted by molar-refractivity contribution is 5.82. The Bertz CT molecular complexity index is 444. The Kier molecular flexibility index (Phi) is 2.72. The molecule has 1 aliphatic heterocycles. The van der Waals surface area contributed by atoms with Gasteiger partial charge in [0.25, 0.3) is 0 Å². The molecule has 0 unspecified atom stereocenters. The van der Waals surface area contributed by atoms with Crippen LogP contribution < -0.4 is 10.1 Å². The molecule has 0 saturated carbocycles. The number of fused-ring (bicyclic) bond motifs is 1. The van der Waals surface area contributed by atoms with Gasteiger partial charge in [-0.3, -0.25) is 4.79 Å². The van der Waals surface area contributed by atoms with Crippen molar-refractivity contribution in [1.29, 1.82) is 0 Å². The number of rotatable bonds is 2. The van der Waals surface area contributed by atoms with Gasteiger partial charge in [0.1, 0.15) is 13.2 Å². The summed E-state index contributed by atoms with van der Waals surface area (Å²) in [6.07, 6.45) is 0. The zero-order chi connectivity index (χ0) is 11.5. The number of carbonyl (C=O) groups is 2. The number of anilines is 1. The number of pyridine rings is 1. The molecule has 0 bridgehead atoms. The van der Waals surface area contributed by atoms with Crippen LogP contribution in [0.5, 0.6) is 5.88 Å². The van der Waals surface area contributed by atoms with Crippen molar-refractivity contribution >= 4 is 17.6 Å². The summed E-state index contributed by atoms with van der Waals surface area (Å²) in [4.78, 5) is 25.7. The standard InChI is InChI=1S/C10H10N2O4/c1-6(13)15-5-7-2-3-8-10(12-7)16-9(14)4-11-8/h2-3,11H,4-5H2,1H3. The van der Waals surface area contributed by atoms with Crippen molar-refractivity contribution < 1.29 is 19.1 Å². The van der Waals surface area contributed by atoms with Crippen LogP contribution in [0.15, 0.2) is 12.1 Å². The van der Waals surface area contributed by atoms with Gasteiger partial charge in [-0.1, -0.05) is 0 Å². The van der Waals surface area contributed by atoms with Crippen LogP contribution in [0.1, 0.15) is 12.6 Å². The number of aromatic nitrogens is 1. The maximum atomic E-state index is 11.0. The number of nitrogens with one attached hydrogen (secondary N) is 1. The fourth-order valence-electron chi connectivity index (χ4n) is 1.26. The number of ether oxygens (including phenoxy) is 2. The second-order valence-electron chi connectivity index (χ2n) is 3.26. The molecule has 0 saturated heterocycles. The van der Waals surface area contributed by atoms with Crippen LogP contribution >= 0.6 is 0 Å². The van der Waals surface area contributed by atoms with Gasteiger partial charge in [-0.2, -0.15) is 0 Å². The zero-order valence-corrected chi connectivity index (χ0v) is 8.65. The second kappa shape index (κ2) is 4.18. The smallest absolute Gasteiger partial charge is 0.332 e. The SMILES string of the molecule is CC(=O)OCc1ccc2c(n1)OC(=O)CN2. The topological polar surface area (TPSA) is 77.5 Å². The second-order valence-corrected chi connectivity index (χ2v) is 3.26. The molecule has 1 aromatic rings. The molecular weight excluding hydrogens is 212 g/mol. The van der Waals surface area contributed by atoms with Crippen molar-refractivity contribution in [3.05, 3.63) is 17.8 Å². The van der Waals surface area contributed by atoms with Crippen LogP contribution in [0.3, 0.4) is 0 Å². The van der Waals surface area contributed by atoms with E-state index >= 15 is 0 Å². The molecule has 0 aliphatic carbocycles. The third-order valence-electron chi connectivity index (χ3n) is 1.97. The highest BCUT2D eigenvalue weighted by atomic mass is 16.5. The van der Waals surface area contributed by atoms with Gasteiger partial charge in [-0.15, -0.1) is 0 Å². The molecule has 0 aromatic carbocycles. The number of hydrogen-bond donors (Lipinski definition) is 1. The molecule has 0 spiro atoms. The molecule has 0 amide bonds. The summed E-state index contributed by atoms with van der Waals surface area (Å²) in [5, 5.41) is 2.86.